The van der Waals surface area contributed by atoms with Crippen LogP contribution in [0.1, 0.15) is 0 Å². The first-order chi connectivity index (χ1) is 8.83. The lowest BCUT2D eigenvalue weighted by Crippen LogP contribution is -2.70. The van der Waals surface area contributed by atoms with Crippen molar-refractivity contribution in [1.29, 1.82) is 0 Å². The normalized spacial score (nSPS) is 14.2. The van der Waals surface area contributed by atoms with Gasteiger partial charge in [-0.1, -0.05) is 18.2 Å². The van der Waals surface area contributed by atoms with Crippen LogP contribution in [-0.2, 0) is 0 Å². The van der Waals surface area contributed by atoms with E-state index < -0.39 is 29.8 Å². The zero-order valence-corrected chi connectivity index (χ0v) is 9.29. The fourth-order valence-corrected chi connectivity index (χ4v) is 1.43. The number of nitrogens with one attached hydrogen (secondary N) is 1. The van der Waals surface area contributed by atoms with Crippen molar-refractivity contribution in [3.8, 4) is 0 Å². The highest BCUT2D eigenvalue weighted by Gasteiger charge is 2.84. The molecule has 10 heteroatoms. The number of hydrogen-bond donors (Lipinski definition) is 1. The molecule has 0 atom stereocenters. The van der Waals surface area contributed by atoms with Crippen molar-refractivity contribution in [2.24, 2.45) is 0 Å². The molecule has 0 bridgehead atoms. The standard InChI is InChI=1S/C10H6F9N/c11-8(12,13)7(9(14,15)16,10(17,18)19)20-6-4-2-1-3-5-6/h1-5,20H. The summed E-state index contributed by atoms with van der Waals surface area (Å²) in [5.74, 6) is 0. The van der Waals surface area contributed by atoms with Crippen molar-refractivity contribution >= 4 is 5.69 Å². The van der Waals surface area contributed by atoms with Crippen molar-refractivity contribution in [1.82, 2.24) is 0 Å². The van der Waals surface area contributed by atoms with Crippen LogP contribution in [0.5, 0.6) is 0 Å². The minimum Gasteiger partial charge on any atom is -0.357 e. The Balaban J connectivity index is 3.48. The van der Waals surface area contributed by atoms with Crippen molar-refractivity contribution in [2.45, 2.75) is 24.1 Å². The van der Waals surface area contributed by atoms with Gasteiger partial charge in [0.05, 0.1) is 0 Å². The molecular weight excluding hydrogens is 305 g/mol. The fourth-order valence-electron chi connectivity index (χ4n) is 1.43. The van der Waals surface area contributed by atoms with E-state index in [1.807, 2.05) is 0 Å². The lowest BCUT2D eigenvalue weighted by molar-refractivity contribution is -0.370. The number of halogens is 9. The Hall–Kier alpha value is -1.61. The van der Waals surface area contributed by atoms with E-state index in [0.29, 0.717) is 17.4 Å². The van der Waals surface area contributed by atoms with E-state index in [4.69, 9.17) is 0 Å². The van der Waals surface area contributed by atoms with Gasteiger partial charge in [0.2, 0.25) is 0 Å². The van der Waals surface area contributed by atoms with E-state index in [9.17, 15) is 39.5 Å². The monoisotopic (exact) mass is 311 g/mol. The molecule has 114 valence electrons. The molecular formula is C10H6F9N. The second kappa shape index (κ2) is 4.74. The molecule has 0 aromatic heterocycles. The molecule has 0 spiro atoms. The molecule has 1 rings (SSSR count). The summed E-state index contributed by atoms with van der Waals surface area (Å²) in [5.41, 5.74) is -6.99. The van der Waals surface area contributed by atoms with Gasteiger partial charge in [0, 0.05) is 5.69 Å². The fraction of sp³-hybridized carbons (Fsp3) is 0.400. The highest BCUT2D eigenvalue weighted by Crippen LogP contribution is 2.54. The summed E-state index contributed by atoms with van der Waals surface area (Å²) in [6.07, 6.45) is -19.9. The number of alkyl halides is 9. The quantitative estimate of drug-likeness (QED) is 0.792. The molecule has 0 heterocycles. The molecule has 0 aliphatic heterocycles. The zero-order valence-electron chi connectivity index (χ0n) is 9.29. The van der Waals surface area contributed by atoms with Crippen molar-refractivity contribution in [3.63, 3.8) is 0 Å². The Kier molecular flexibility index (Phi) is 3.90. The molecule has 1 nitrogen and oxygen atoms in total. The SMILES string of the molecule is FC(F)(F)C(Nc1ccccc1)(C(F)(F)F)C(F)(F)F. The molecule has 0 saturated carbocycles. The Bertz CT molecular complexity index is 406. The van der Waals surface area contributed by atoms with Gasteiger partial charge in [-0.05, 0) is 12.1 Å². The molecule has 0 unspecified atom stereocenters. The highest BCUT2D eigenvalue weighted by molar-refractivity contribution is 5.47. The molecule has 0 fully saturated rings. The maximum Gasteiger partial charge on any atom is 0.429 e. The topological polar surface area (TPSA) is 12.0 Å². The Morgan fingerprint density at radius 2 is 0.950 bits per heavy atom. The molecule has 0 aliphatic carbocycles. The van der Waals surface area contributed by atoms with Gasteiger partial charge in [0.25, 0.3) is 0 Å². The van der Waals surface area contributed by atoms with Crippen LogP contribution < -0.4 is 5.32 Å². The third-order valence-electron chi connectivity index (χ3n) is 2.38. The van der Waals surface area contributed by atoms with Crippen LogP contribution in [0, 0.1) is 0 Å². The van der Waals surface area contributed by atoms with Gasteiger partial charge in [0.15, 0.2) is 0 Å². The Morgan fingerprint density at radius 3 is 1.25 bits per heavy atom. The molecule has 0 saturated heterocycles. The maximum absolute atomic E-state index is 12.6. The third-order valence-corrected chi connectivity index (χ3v) is 2.38. The summed E-state index contributed by atoms with van der Waals surface area (Å²) in [7, 11) is 0. The maximum atomic E-state index is 12.6. The van der Waals surface area contributed by atoms with Crippen LogP contribution in [0.15, 0.2) is 30.3 Å². The minimum absolute atomic E-state index is 0.537. The second-order valence-corrected chi connectivity index (χ2v) is 3.73. The van der Waals surface area contributed by atoms with Crippen LogP contribution in [0.3, 0.4) is 0 Å². The van der Waals surface area contributed by atoms with Crippen LogP contribution in [0.4, 0.5) is 45.2 Å². The third kappa shape index (κ3) is 2.63. The van der Waals surface area contributed by atoms with E-state index in [0.717, 1.165) is 12.1 Å². The number of rotatable bonds is 2. The Labute approximate surface area is 106 Å². The average molecular weight is 311 g/mol. The molecule has 1 aromatic carbocycles. The lowest BCUT2D eigenvalue weighted by Gasteiger charge is -2.39. The van der Waals surface area contributed by atoms with Gasteiger partial charge < -0.3 is 5.32 Å². The highest BCUT2D eigenvalue weighted by atomic mass is 19.4. The predicted octanol–water partition coefficient (Wildman–Crippen LogP) is 4.52. The molecule has 0 amide bonds. The van der Waals surface area contributed by atoms with E-state index in [1.54, 1.807) is 0 Å². The molecule has 1 N–H and O–H groups in total. The molecule has 0 radical (unpaired) electrons. The number of hydrogen-bond acceptors (Lipinski definition) is 1. The lowest BCUT2D eigenvalue weighted by atomic mass is 9.96. The van der Waals surface area contributed by atoms with Crippen molar-refractivity contribution < 1.29 is 39.5 Å². The van der Waals surface area contributed by atoms with Crippen molar-refractivity contribution in [3.05, 3.63) is 30.3 Å². The number of benzene rings is 1. The van der Waals surface area contributed by atoms with Gasteiger partial charge in [0.1, 0.15) is 0 Å². The van der Waals surface area contributed by atoms with Gasteiger partial charge >= 0.3 is 24.1 Å². The van der Waals surface area contributed by atoms with Crippen LogP contribution in [0.2, 0.25) is 0 Å². The second-order valence-electron chi connectivity index (χ2n) is 3.73. The molecule has 20 heavy (non-hydrogen) atoms. The molecule has 1 aromatic rings. The van der Waals surface area contributed by atoms with Crippen LogP contribution in [-0.4, -0.2) is 24.1 Å². The van der Waals surface area contributed by atoms with Gasteiger partial charge in [-0.15, -0.1) is 0 Å². The first-order valence-electron chi connectivity index (χ1n) is 4.86. The van der Waals surface area contributed by atoms with Gasteiger partial charge in [-0.3, -0.25) is 0 Å². The smallest absolute Gasteiger partial charge is 0.357 e. The average Bonchev–Trinajstić information content (AvgIpc) is 2.22. The number of anilines is 1. The van der Waals surface area contributed by atoms with E-state index >= 15 is 0 Å². The number of para-hydroxylation sites is 1. The van der Waals surface area contributed by atoms with Crippen molar-refractivity contribution in [2.75, 3.05) is 5.32 Å². The first-order valence-corrected chi connectivity index (χ1v) is 4.86. The van der Waals surface area contributed by atoms with E-state index in [1.165, 1.54) is 6.07 Å². The largest absolute Gasteiger partial charge is 0.429 e. The van der Waals surface area contributed by atoms with Gasteiger partial charge in [-0.25, -0.2) is 0 Å². The molecule has 0 aliphatic rings. The van der Waals surface area contributed by atoms with E-state index in [2.05, 4.69) is 0 Å². The summed E-state index contributed by atoms with van der Waals surface area (Å²) in [6.45, 7) is 0. The summed E-state index contributed by atoms with van der Waals surface area (Å²) < 4.78 is 113. The summed E-state index contributed by atoms with van der Waals surface area (Å²) in [6, 6.07) is 4.55. The summed E-state index contributed by atoms with van der Waals surface area (Å²) in [4.78, 5) is 0. The van der Waals surface area contributed by atoms with E-state index in [-0.39, 0.29) is 0 Å². The van der Waals surface area contributed by atoms with Crippen LogP contribution in [0.25, 0.3) is 0 Å². The predicted molar refractivity (Wildman–Crippen MR) is 51.0 cm³/mol. The summed E-state index contributed by atoms with van der Waals surface area (Å²) in [5, 5.41) is 0.537. The Morgan fingerprint density at radius 1 is 0.600 bits per heavy atom. The minimum atomic E-state index is -6.63. The zero-order chi connectivity index (χ0) is 15.8. The summed E-state index contributed by atoms with van der Waals surface area (Å²) >= 11 is 0. The van der Waals surface area contributed by atoms with Gasteiger partial charge in [-0.2, -0.15) is 39.5 Å². The van der Waals surface area contributed by atoms with Crippen LogP contribution >= 0.6 is 0 Å². The first kappa shape index (κ1) is 16.4.